The molecule has 1 N–H and O–H groups in total. The summed E-state index contributed by atoms with van der Waals surface area (Å²) in [6.07, 6.45) is 10.4. The summed E-state index contributed by atoms with van der Waals surface area (Å²) in [4.78, 5) is 2.59. The van der Waals surface area contributed by atoms with E-state index in [4.69, 9.17) is 0 Å². The van der Waals surface area contributed by atoms with Gasteiger partial charge in [0.25, 0.3) is 0 Å². The summed E-state index contributed by atoms with van der Waals surface area (Å²) in [7, 11) is 0. The quantitative estimate of drug-likeness (QED) is 0.745. The maximum absolute atomic E-state index is 10.2. The van der Waals surface area contributed by atoms with E-state index < -0.39 is 0 Å². The lowest BCUT2D eigenvalue weighted by atomic mass is 9.84. The minimum atomic E-state index is -0.0343. The lowest BCUT2D eigenvalue weighted by molar-refractivity contribution is 0.0652. The normalized spacial score (nSPS) is 31.2. The van der Waals surface area contributed by atoms with Crippen LogP contribution in [0.25, 0.3) is 0 Å². The van der Waals surface area contributed by atoms with Crippen molar-refractivity contribution >= 4 is 0 Å². The van der Waals surface area contributed by atoms with Gasteiger partial charge < -0.3 is 10.0 Å². The van der Waals surface area contributed by atoms with Crippen LogP contribution in [0.4, 0.5) is 0 Å². The number of hydrogen-bond donors (Lipinski definition) is 1. The Bertz CT molecular complexity index is 215. The molecule has 2 nitrogen and oxygen atoms in total. The molecule has 2 heteroatoms. The Morgan fingerprint density at radius 3 is 2.35 bits per heavy atom. The zero-order chi connectivity index (χ0) is 12.1. The van der Waals surface area contributed by atoms with Crippen LogP contribution in [0.1, 0.15) is 58.3 Å². The molecule has 0 spiro atoms. The highest BCUT2D eigenvalue weighted by Crippen LogP contribution is 2.29. The second-order valence-corrected chi connectivity index (χ2v) is 6.11. The molecule has 2 aliphatic rings. The van der Waals surface area contributed by atoms with Gasteiger partial charge in [0.2, 0.25) is 0 Å². The van der Waals surface area contributed by atoms with Crippen molar-refractivity contribution in [2.75, 3.05) is 19.6 Å². The average Bonchev–Trinajstić information content (AvgIpc) is 2.47. The Hall–Kier alpha value is -0.0800. The third-order valence-electron chi connectivity index (χ3n) is 4.80. The Morgan fingerprint density at radius 2 is 1.71 bits per heavy atom. The summed E-state index contributed by atoms with van der Waals surface area (Å²) in [5.74, 6) is 1.50. The van der Waals surface area contributed by atoms with Gasteiger partial charge >= 0.3 is 0 Å². The molecule has 2 unspecified atom stereocenters. The minimum absolute atomic E-state index is 0.0343. The number of hydrogen-bond acceptors (Lipinski definition) is 2. The van der Waals surface area contributed by atoms with Crippen molar-refractivity contribution in [2.24, 2.45) is 11.8 Å². The molecule has 2 rings (SSSR count). The standard InChI is InChI=1S/C15H29NO/c1-2-16(11-13-7-6-8-13)12-14-9-4-3-5-10-15(14)17/h13-15,17H,2-12H2,1H3. The van der Waals surface area contributed by atoms with E-state index in [2.05, 4.69) is 11.8 Å². The molecule has 0 aromatic rings. The third-order valence-corrected chi connectivity index (χ3v) is 4.80. The zero-order valence-electron chi connectivity index (χ0n) is 11.4. The predicted octanol–water partition coefficient (Wildman–Crippen LogP) is 3.05. The topological polar surface area (TPSA) is 23.5 Å². The van der Waals surface area contributed by atoms with E-state index in [1.807, 2.05) is 0 Å². The van der Waals surface area contributed by atoms with Crippen LogP contribution >= 0.6 is 0 Å². The van der Waals surface area contributed by atoms with Gasteiger partial charge in [-0.15, -0.1) is 0 Å². The molecule has 0 saturated heterocycles. The minimum Gasteiger partial charge on any atom is -0.393 e. The van der Waals surface area contributed by atoms with Crippen molar-refractivity contribution in [3.63, 3.8) is 0 Å². The highest BCUT2D eigenvalue weighted by atomic mass is 16.3. The first-order valence-electron chi connectivity index (χ1n) is 7.70. The Labute approximate surface area is 106 Å². The summed E-state index contributed by atoms with van der Waals surface area (Å²) in [5, 5.41) is 10.2. The van der Waals surface area contributed by atoms with E-state index in [1.54, 1.807) is 0 Å². The van der Waals surface area contributed by atoms with Crippen molar-refractivity contribution in [3.8, 4) is 0 Å². The van der Waals surface area contributed by atoms with Crippen LogP contribution in [-0.2, 0) is 0 Å². The van der Waals surface area contributed by atoms with E-state index in [-0.39, 0.29) is 6.10 Å². The van der Waals surface area contributed by atoms with E-state index in [0.29, 0.717) is 5.92 Å². The first-order chi connectivity index (χ1) is 8.29. The highest BCUT2D eigenvalue weighted by Gasteiger charge is 2.26. The largest absolute Gasteiger partial charge is 0.393 e. The Balaban J connectivity index is 1.78. The van der Waals surface area contributed by atoms with Gasteiger partial charge in [-0.1, -0.05) is 32.6 Å². The van der Waals surface area contributed by atoms with Crippen LogP contribution < -0.4 is 0 Å². The van der Waals surface area contributed by atoms with Gasteiger partial charge in [-0.05, 0) is 44.1 Å². The second-order valence-electron chi connectivity index (χ2n) is 6.11. The van der Waals surface area contributed by atoms with Gasteiger partial charge in [0.15, 0.2) is 0 Å². The highest BCUT2D eigenvalue weighted by molar-refractivity contribution is 4.79. The lowest BCUT2D eigenvalue weighted by Crippen LogP contribution is -2.39. The Morgan fingerprint density at radius 1 is 0.941 bits per heavy atom. The van der Waals surface area contributed by atoms with Gasteiger partial charge in [-0.3, -0.25) is 0 Å². The number of rotatable bonds is 5. The molecule has 17 heavy (non-hydrogen) atoms. The molecule has 0 heterocycles. The van der Waals surface area contributed by atoms with Crippen LogP contribution in [0.15, 0.2) is 0 Å². The molecule has 0 radical (unpaired) electrons. The number of aliphatic hydroxyl groups excluding tert-OH is 1. The van der Waals surface area contributed by atoms with Gasteiger partial charge in [-0.2, -0.15) is 0 Å². The molecule has 0 aromatic heterocycles. The molecular weight excluding hydrogens is 210 g/mol. The molecule has 100 valence electrons. The van der Waals surface area contributed by atoms with Crippen molar-refractivity contribution in [1.29, 1.82) is 0 Å². The molecule has 2 aliphatic carbocycles. The van der Waals surface area contributed by atoms with Gasteiger partial charge in [0.1, 0.15) is 0 Å². The fraction of sp³-hybridized carbons (Fsp3) is 1.00. The molecule has 0 aliphatic heterocycles. The van der Waals surface area contributed by atoms with E-state index in [1.165, 1.54) is 51.5 Å². The van der Waals surface area contributed by atoms with Crippen molar-refractivity contribution < 1.29 is 5.11 Å². The van der Waals surface area contributed by atoms with E-state index in [9.17, 15) is 5.11 Å². The van der Waals surface area contributed by atoms with Crippen LogP contribution in [-0.4, -0.2) is 35.7 Å². The van der Waals surface area contributed by atoms with Crippen molar-refractivity contribution in [1.82, 2.24) is 4.90 Å². The van der Waals surface area contributed by atoms with Crippen molar-refractivity contribution in [2.45, 2.75) is 64.4 Å². The summed E-state index contributed by atoms with van der Waals surface area (Å²) in [6.45, 7) is 5.83. The average molecular weight is 239 g/mol. The predicted molar refractivity (Wildman–Crippen MR) is 72.0 cm³/mol. The fourth-order valence-corrected chi connectivity index (χ4v) is 3.28. The van der Waals surface area contributed by atoms with Gasteiger partial charge in [0, 0.05) is 13.1 Å². The Kier molecular flexibility index (Phi) is 5.30. The van der Waals surface area contributed by atoms with E-state index >= 15 is 0 Å². The molecule has 2 fully saturated rings. The van der Waals surface area contributed by atoms with Crippen LogP contribution in [0.2, 0.25) is 0 Å². The second kappa shape index (κ2) is 6.75. The maximum atomic E-state index is 10.2. The molecular formula is C15H29NO. The summed E-state index contributed by atoms with van der Waals surface area (Å²) < 4.78 is 0. The molecule has 2 saturated carbocycles. The number of aliphatic hydroxyl groups is 1. The first kappa shape index (κ1) is 13.4. The third kappa shape index (κ3) is 3.96. The molecule has 0 aromatic carbocycles. The maximum Gasteiger partial charge on any atom is 0.0580 e. The first-order valence-corrected chi connectivity index (χ1v) is 7.70. The molecule has 0 amide bonds. The van der Waals surface area contributed by atoms with Crippen molar-refractivity contribution in [3.05, 3.63) is 0 Å². The summed E-state index contributed by atoms with van der Waals surface area (Å²) >= 11 is 0. The molecule has 0 bridgehead atoms. The van der Waals surface area contributed by atoms with Gasteiger partial charge in [-0.25, -0.2) is 0 Å². The smallest absolute Gasteiger partial charge is 0.0580 e. The zero-order valence-corrected chi connectivity index (χ0v) is 11.4. The van der Waals surface area contributed by atoms with Crippen LogP contribution in [0.3, 0.4) is 0 Å². The molecule has 2 atom stereocenters. The lowest BCUT2D eigenvalue weighted by Gasteiger charge is -2.34. The van der Waals surface area contributed by atoms with Crippen LogP contribution in [0, 0.1) is 11.8 Å². The van der Waals surface area contributed by atoms with E-state index in [0.717, 1.165) is 25.4 Å². The fourth-order valence-electron chi connectivity index (χ4n) is 3.28. The SMILES string of the molecule is CCN(CC1CCC1)CC1CCCCCC1O. The number of nitrogens with zero attached hydrogens (tertiary/aromatic N) is 1. The summed E-state index contributed by atoms with van der Waals surface area (Å²) in [5.41, 5.74) is 0. The van der Waals surface area contributed by atoms with Crippen LogP contribution in [0.5, 0.6) is 0 Å². The van der Waals surface area contributed by atoms with Gasteiger partial charge in [0.05, 0.1) is 6.10 Å². The summed E-state index contributed by atoms with van der Waals surface area (Å²) in [6, 6.07) is 0. The monoisotopic (exact) mass is 239 g/mol.